The second kappa shape index (κ2) is 7.35. The van der Waals surface area contributed by atoms with Crippen molar-refractivity contribution in [2.75, 3.05) is 0 Å². The van der Waals surface area contributed by atoms with Gasteiger partial charge in [-0.25, -0.2) is 4.98 Å². The zero-order valence-electron chi connectivity index (χ0n) is 14.1. The largest absolute Gasteiger partial charge is 0.469 e. The molecule has 0 bridgehead atoms. The molecule has 0 aliphatic heterocycles. The van der Waals surface area contributed by atoms with Gasteiger partial charge in [0.2, 0.25) is 0 Å². The molecule has 0 spiro atoms. The van der Waals surface area contributed by atoms with Crippen molar-refractivity contribution in [1.82, 2.24) is 19.7 Å². The summed E-state index contributed by atoms with van der Waals surface area (Å²) in [6, 6.07) is 5.68. The van der Waals surface area contributed by atoms with Crippen LogP contribution >= 0.6 is 23.1 Å². The van der Waals surface area contributed by atoms with Crippen LogP contribution < -0.4 is 0 Å². The Morgan fingerprint density at radius 3 is 2.92 bits per heavy atom. The molecule has 0 N–H and O–H groups in total. The lowest BCUT2D eigenvalue weighted by molar-refractivity contribution is 0.534. The van der Waals surface area contributed by atoms with E-state index in [0.717, 1.165) is 38.8 Å². The van der Waals surface area contributed by atoms with Crippen LogP contribution in [-0.4, -0.2) is 19.7 Å². The maximum absolute atomic E-state index is 5.40. The van der Waals surface area contributed by atoms with E-state index in [1.807, 2.05) is 41.1 Å². The normalized spacial score (nSPS) is 11.1. The Kier molecular flexibility index (Phi) is 4.77. The van der Waals surface area contributed by atoms with Gasteiger partial charge in [0, 0.05) is 17.7 Å². The first-order valence-corrected chi connectivity index (χ1v) is 9.82. The zero-order chi connectivity index (χ0) is 17.9. The highest BCUT2D eigenvalue weighted by molar-refractivity contribution is 7.98. The summed E-state index contributed by atoms with van der Waals surface area (Å²) in [6.45, 7) is 6.39. The molecule has 4 aromatic heterocycles. The van der Waals surface area contributed by atoms with Gasteiger partial charge in [-0.05, 0) is 25.1 Å². The molecule has 0 atom stereocenters. The summed E-state index contributed by atoms with van der Waals surface area (Å²) in [5, 5.41) is 12.4. The molecule has 132 valence electrons. The van der Waals surface area contributed by atoms with Crippen LogP contribution in [0.1, 0.15) is 11.5 Å². The van der Waals surface area contributed by atoms with Crippen molar-refractivity contribution >= 4 is 23.1 Å². The Morgan fingerprint density at radius 2 is 2.19 bits per heavy atom. The van der Waals surface area contributed by atoms with Crippen molar-refractivity contribution in [3.63, 3.8) is 0 Å². The lowest BCUT2D eigenvalue weighted by Crippen LogP contribution is -2.00. The summed E-state index contributed by atoms with van der Waals surface area (Å²) in [5.41, 5.74) is 1.93. The van der Waals surface area contributed by atoms with E-state index >= 15 is 0 Å². The second-order valence-electron chi connectivity index (χ2n) is 5.51. The summed E-state index contributed by atoms with van der Waals surface area (Å²) in [5.74, 6) is 3.10. The van der Waals surface area contributed by atoms with Gasteiger partial charge in [0.05, 0.1) is 23.8 Å². The molecule has 0 unspecified atom stereocenters. The molecule has 0 aliphatic carbocycles. The number of thiazole rings is 1. The van der Waals surface area contributed by atoms with Crippen LogP contribution in [-0.2, 0) is 12.3 Å². The van der Waals surface area contributed by atoms with E-state index in [1.54, 1.807) is 35.6 Å². The molecule has 8 heteroatoms. The topological polar surface area (TPSA) is 69.9 Å². The third-order valence-corrected chi connectivity index (χ3v) is 5.67. The molecule has 0 amide bonds. The smallest absolute Gasteiger partial charge is 0.192 e. The quantitative estimate of drug-likeness (QED) is 0.328. The first-order valence-electron chi connectivity index (χ1n) is 7.96. The number of aryl methyl sites for hydroxylation is 1. The molecule has 0 saturated carbocycles. The number of allylic oxidation sites excluding steroid dienone is 1. The zero-order valence-corrected chi connectivity index (χ0v) is 15.7. The molecule has 4 heterocycles. The fourth-order valence-corrected chi connectivity index (χ4v) is 4.26. The minimum atomic E-state index is 0.629. The SMILES string of the molecule is C=CCn1c(SCc2csc(-c3ccco3)n2)nnc1-c1ccoc1C. The van der Waals surface area contributed by atoms with Crippen LogP contribution in [0, 0.1) is 6.92 Å². The van der Waals surface area contributed by atoms with Gasteiger partial charge in [-0.2, -0.15) is 0 Å². The average Bonchev–Trinajstić information content (AvgIpc) is 3.41. The van der Waals surface area contributed by atoms with E-state index in [9.17, 15) is 0 Å². The fourth-order valence-electron chi connectivity index (χ4n) is 2.53. The minimum Gasteiger partial charge on any atom is -0.469 e. The van der Waals surface area contributed by atoms with Crippen LogP contribution in [0.5, 0.6) is 0 Å². The van der Waals surface area contributed by atoms with Gasteiger partial charge < -0.3 is 8.83 Å². The predicted octanol–water partition coefficient (Wildman–Crippen LogP) is 5.04. The number of nitrogens with zero attached hydrogens (tertiary/aromatic N) is 4. The third kappa shape index (κ3) is 3.25. The van der Waals surface area contributed by atoms with E-state index in [2.05, 4.69) is 21.8 Å². The maximum Gasteiger partial charge on any atom is 0.192 e. The second-order valence-corrected chi connectivity index (χ2v) is 7.31. The number of hydrogen-bond acceptors (Lipinski definition) is 7. The van der Waals surface area contributed by atoms with Gasteiger partial charge in [-0.1, -0.05) is 17.8 Å². The summed E-state index contributed by atoms with van der Waals surface area (Å²) in [7, 11) is 0. The molecule has 4 rings (SSSR count). The van der Waals surface area contributed by atoms with Crippen molar-refractivity contribution in [3.8, 4) is 22.2 Å². The van der Waals surface area contributed by atoms with Crippen LogP contribution in [0.3, 0.4) is 0 Å². The van der Waals surface area contributed by atoms with Crippen molar-refractivity contribution in [2.45, 2.75) is 24.4 Å². The van der Waals surface area contributed by atoms with Crippen molar-refractivity contribution in [1.29, 1.82) is 0 Å². The highest BCUT2D eigenvalue weighted by atomic mass is 32.2. The molecule has 0 radical (unpaired) electrons. The van der Waals surface area contributed by atoms with E-state index in [-0.39, 0.29) is 0 Å². The predicted molar refractivity (Wildman–Crippen MR) is 102 cm³/mol. The lowest BCUT2D eigenvalue weighted by atomic mass is 10.2. The highest BCUT2D eigenvalue weighted by Gasteiger charge is 2.17. The van der Waals surface area contributed by atoms with Crippen LogP contribution in [0.15, 0.2) is 62.8 Å². The van der Waals surface area contributed by atoms with E-state index < -0.39 is 0 Å². The summed E-state index contributed by atoms with van der Waals surface area (Å²) >= 11 is 3.17. The van der Waals surface area contributed by atoms with E-state index in [4.69, 9.17) is 8.83 Å². The number of hydrogen-bond donors (Lipinski definition) is 0. The van der Waals surface area contributed by atoms with E-state index in [0.29, 0.717) is 12.3 Å². The molecule has 6 nitrogen and oxygen atoms in total. The third-order valence-electron chi connectivity index (χ3n) is 3.76. The number of furan rings is 2. The van der Waals surface area contributed by atoms with Gasteiger partial charge in [0.15, 0.2) is 21.7 Å². The van der Waals surface area contributed by atoms with Crippen molar-refractivity contribution in [2.24, 2.45) is 0 Å². The molecule has 0 aliphatic rings. The van der Waals surface area contributed by atoms with Crippen LogP contribution in [0.25, 0.3) is 22.2 Å². The monoisotopic (exact) mass is 384 g/mol. The lowest BCUT2D eigenvalue weighted by Gasteiger charge is -2.06. The van der Waals surface area contributed by atoms with Gasteiger partial charge in [0.25, 0.3) is 0 Å². The molecular formula is C18H16N4O2S2. The molecule has 4 aromatic rings. The molecule has 0 aromatic carbocycles. The van der Waals surface area contributed by atoms with E-state index in [1.165, 1.54) is 0 Å². The number of thioether (sulfide) groups is 1. The van der Waals surface area contributed by atoms with Gasteiger partial charge in [0.1, 0.15) is 5.76 Å². The fraction of sp³-hybridized carbons (Fsp3) is 0.167. The summed E-state index contributed by atoms with van der Waals surface area (Å²) in [6.07, 6.45) is 5.16. The van der Waals surface area contributed by atoms with Crippen molar-refractivity contribution in [3.05, 3.63) is 60.2 Å². The summed E-state index contributed by atoms with van der Waals surface area (Å²) < 4.78 is 12.8. The Morgan fingerprint density at radius 1 is 1.27 bits per heavy atom. The number of aromatic nitrogens is 4. The maximum atomic E-state index is 5.40. The average molecular weight is 384 g/mol. The summed E-state index contributed by atoms with van der Waals surface area (Å²) in [4.78, 5) is 4.63. The van der Waals surface area contributed by atoms with Crippen LogP contribution in [0.4, 0.5) is 0 Å². The molecular weight excluding hydrogens is 368 g/mol. The van der Waals surface area contributed by atoms with Gasteiger partial charge in [-0.15, -0.1) is 28.1 Å². The first kappa shape index (κ1) is 16.9. The highest BCUT2D eigenvalue weighted by Crippen LogP contribution is 2.30. The Bertz CT molecular complexity index is 1010. The molecule has 26 heavy (non-hydrogen) atoms. The molecule has 0 saturated heterocycles. The minimum absolute atomic E-state index is 0.629. The standard InChI is InChI=1S/C18H16N4O2S2/c1-3-7-22-16(14-6-9-23-12(14)2)20-21-18(22)26-11-13-10-25-17(19-13)15-5-4-8-24-15/h3-6,8-10H,1,7,11H2,2H3. The van der Waals surface area contributed by atoms with Gasteiger partial charge >= 0.3 is 0 Å². The van der Waals surface area contributed by atoms with Gasteiger partial charge in [-0.3, -0.25) is 4.57 Å². The Labute approximate surface area is 158 Å². The Hall–Kier alpha value is -2.58. The first-order chi connectivity index (χ1) is 12.8. The Balaban J connectivity index is 1.54. The number of rotatable bonds is 7. The van der Waals surface area contributed by atoms with Crippen LogP contribution in [0.2, 0.25) is 0 Å². The molecule has 0 fully saturated rings. The van der Waals surface area contributed by atoms with Crippen molar-refractivity contribution < 1.29 is 8.83 Å².